The maximum atomic E-state index is 13.4. The summed E-state index contributed by atoms with van der Waals surface area (Å²) in [5, 5.41) is 13.1. The molecule has 2 aromatic rings. The predicted octanol–water partition coefficient (Wildman–Crippen LogP) is 3.67. The lowest BCUT2D eigenvalue weighted by molar-refractivity contribution is -0.384. The van der Waals surface area contributed by atoms with Crippen LogP contribution >= 0.6 is 11.6 Å². The van der Waals surface area contributed by atoms with Crippen molar-refractivity contribution in [2.75, 3.05) is 5.32 Å². The Morgan fingerprint density at radius 1 is 1.26 bits per heavy atom. The van der Waals surface area contributed by atoms with E-state index in [1.807, 2.05) is 0 Å². The summed E-state index contributed by atoms with van der Waals surface area (Å²) in [6, 6.07) is 5.04. The lowest BCUT2D eigenvalue weighted by Gasteiger charge is -2.07. The van der Waals surface area contributed by atoms with Gasteiger partial charge in [-0.2, -0.15) is 0 Å². The van der Waals surface area contributed by atoms with Gasteiger partial charge in [0.25, 0.3) is 0 Å². The van der Waals surface area contributed by atoms with Crippen LogP contribution in [0.3, 0.4) is 0 Å². The van der Waals surface area contributed by atoms with E-state index < -0.39 is 22.2 Å². The Morgan fingerprint density at radius 3 is 2.68 bits per heavy atom. The van der Waals surface area contributed by atoms with E-state index in [0.29, 0.717) is 0 Å². The van der Waals surface area contributed by atoms with E-state index >= 15 is 0 Å². The van der Waals surface area contributed by atoms with Gasteiger partial charge in [0.2, 0.25) is 5.82 Å². The molecule has 5 nitrogen and oxygen atoms in total. The lowest BCUT2D eigenvalue weighted by Crippen LogP contribution is -2.01. The van der Waals surface area contributed by atoms with E-state index in [9.17, 15) is 18.9 Å². The summed E-state index contributed by atoms with van der Waals surface area (Å²) in [5.41, 5.74) is -0.661. The highest BCUT2D eigenvalue weighted by Gasteiger charge is 2.17. The fourth-order valence-electron chi connectivity index (χ4n) is 1.39. The van der Waals surface area contributed by atoms with E-state index in [0.717, 1.165) is 24.3 Å². The molecule has 1 N–H and O–H groups in total. The van der Waals surface area contributed by atoms with Gasteiger partial charge in [-0.15, -0.1) is 0 Å². The van der Waals surface area contributed by atoms with Crippen LogP contribution in [0.25, 0.3) is 0 Å². The first-order valence-electron chi connectivity index (χ1n) is 5.00. The molecule has 2 rings (SSSR count). The second kappa shape index (κ2) is 5.15. The monoisotopic (exact) mass is 285 g/mol. The van der Waals surface area contributed by atoms with Crippen LogP contribution in [0.2, 0.25) is 5.15 Å². The number of pyridine rings is 1. The van der Waals surface area contributed by atoms with Gasteiger partial charge >= 0.3 is 5.69 Å². The van der Waals surface area contributed by atoms with Crippen molar-refractivity contribution in [2.24, 2.45) is 0 Å². The van der Waals surface area contributed by atoms with Gasteiger partial charge in [0.15, 0.2) is 0 Å². The molecule has 0 aliphatic carbocycles. The molecule has 1 aromatic heterocycles. The average Bonchev–Trinajstić information content (AvgIpc) is 2.33. The number of rotatable bonds is 3. The SMILES string of the molecule is O=[N+]([O-])c1ccc(Cl)nc1Nc1cc(F)ccc1F. The molecule has 19 heavy (non-hydrogen) atoms. The molecule has 1 aromatic carbocycles. The standard InChI is InChI=1S/C11H6ClF2N3O2/c12-10-4-3-9(17(18)19)11(16-10)15-8-5-6(13)1-2-7(8)14/h1-5H,(H,15,16). The Kier molecular flexibility index (Phi) is 3.57. The van der Waals surface area contributed by atoms with Crippen LogP contribution in [-0.4, -0.2) is 9.91 Å². The summed E-state index contributed by atoms with van der Waals surface area (Å²) >= 11 is 5.62. The van der Waals surface area contributed by atoms with Crippen LogP contribution < -0.4 is 5.32 Å². The minimum Gasteiger partial charge on any atom is -0.332 e. The van der Waals surface area contributed by atoms with Gasteiger partial charge in [0, 0.05) is 12.1 Å². The zero-order chi connectivity index (χ0) is 14.0. The van der Waals surface area contributed by atoms with Gasteiger partial charge in [-0.3, -0.25) is 10.1 Å². The summed E-state index contributed by atoms with van der Waals surface area (Å²) in [5.74, 6) is -1.71. The molecule has 98 valence electrons. The molecule has 0 atom stereocenters. The molecule has 0 radical (unpaired) electrons. The normalized spacial score (nSPS) is 10.3. The van der Waals surface area contributed by atoms with Crippen LogP contribution in [0.4, 0.5) is 26.0 Å². The highest BCUT2D eigenvalue weighted by atomic mass is 35.5. The Bertz CT molecular complexity index is 652. The minimum atomic E-state index is -0.766. The molecule has 0 bridgehead atoms. The number of halogens is 3. The number of nitro groups is 1. The Labute approximate surface area is 111 Å². The minimum absolute atomic E-state index is 0.00934. The van der Waals surface area contributed by atoms with Crippen molar-refractivity contribution < 1.29 is 13.7 Å². The molecule has 0 unspecified atom stereocenters. The first kappa shape index (κ1) is 13.2. The van der Waals surface area contributed by atoms with Crippen LogP contribution in [0.15, 0.2) is 30.3 Å². The molecule has 0 aliphatic rings. The lowest BCUT2D eigenvalue weighted by atomic mass is 10.3. The predicted molar refractivity (Wildman–Crippen MR) is 65.5 cm³/mol. The van der Waals surface area contributed by atoms with Gasteiger partial charge in [-0.25, -0.2) is 13.8 Å². The van der Waals surface area contributed by atoms with Crippen molar-refractivity contribution in [3.8, 4) is 0 Å². The third-order valence-corrected chi connectivity index (χ3v) is 2.43. The second-order valence-corrected chi connectivity index (χ2v) is 3.90. The number of nitrogens with one attached hydrogen (secondary N) is 1. The van der Waals surface area contributed by atoms with E-state index in [2.05, 4.69) is 10.3 Å². The fourth-order valence-corrected chi connectivity index (χ4v) is 1.54. The van der Waals surface area contributed by atoms with Gasteiger partial charge < -0.3 is 5.32 Å². The van der Waals surface area contributed by atoms with Crippen molar-refractivity contribution in [1.29, 1.82) is 0 Å². The highest BCUT2D eigenvalue weighted by molar-refractivity contribution is 6.29. The van der Waals surface area contributed by atoms with E-state index in [1.54, 1.807) is 0 Å². The third-order valence-electron chi connectivity index (χ3n) is 2.22. The number of hydrogen-bond acceptors (Lipinski definition) is 4. The van der Waals surface area contributed by atoms with Crippen LogP contribution in [0, 0.1) is 21.7 Å². The molecular formula is C11H6ClF2N3O2. The van der Waals surface area contributed by atoms with Crippen molar-refractivity contribution in [3.63, 3.8) is 0 Å². The number of aromatic nitrogens is 1. The molecule has 8 heteroatoms. The molecule has 0 amide bonds. The highest BCUT2D eigenvalue weighted by Crippen LogP contribution is 2.28. The molecule has 0 fully saturated rings. The third kappa shape index (κ3) is 2.94. The summed E-state index contributed by atoms with van der Waals surface area (Å²) < 4.78 is 26.4. The van der Waals surface area contributed by atoms with Gasteiger partial charge in [-0.1, -0.05) is 11.6 Å². The van der Waals surface area contributed by atoms with E-state index in [4.69, 9.17) is 11.6 Å². The number of nitrogens with zero attached hydrogens (tertiary/aromatic N) is 2. The molecule has 0 aliphatic heterocycles. The van der Waals surface area contributed by atoms with Crippen LogP contribution in [-0.2, 0) is 0 Å². The van der Waals surface area contributed by atoms with Gasteiger partial charge in [0.05, 0.1) is 10.6 Å². The van der Waals surface area contributed by atoms with Gasteiger partial charge in [-0.05, 0) is 18.2 Å². The first-order chi connectivity index (χ1) is 8.97. The maximum absolute atomic E-state index is 13.4. The van der Waals surface area contributed by atoms with Crippen molar-refractivity contribution in [2.45, 2.75) is 0 Å². The number of hydrogen-bond donors (Lipinski definition) is 1. The number of benzene rings is 1. The summed E-state index contributed by atoms with van der Waals surface area (Å²) in [6.07, 6.45) is 0. The van der Waals surface area contributed by atoms with Crippen molar-refractivity contribution in [1.82, 2.24) is 4.98 Å². The van der Waals surface area contributed by atoms with Crippen molar-refractivity contribution >= 4 is 28.8 Å². The second-order valence-electron chi connectivity index (χ2n) is 3.51. The first-order valence-corrected chi connectivity index (χ1v) is 5.38. The average molecular weight is 286 g/mol. The quantitative estimate of drug-likeness (QED) is 0.531. The van der Waals surface area contributed by atoms with Crippen LogP contribution in [0.5, 0.6) is 0 Å². The zero-order valence-corrected chi connectivity index (χ0v) is 9.99. The van der Waals surface area contributed by atoms with E-state index in [1.165, 1.54) is 6.07 Å². The molecule has 0 saturated carbocycles. The molecule has 1 heterocycles. The molecule has 0 saturated heterocycles. The topological polar surface area (TPSA) is 68.1 Å². The largest absolute Gasteiger partial charge is 0.332 e. The Morgan fingerprint density at radius 2 is 2.00 bits per heavy atom. The number of anilines is 2. The summed E-state index contributed by atoms with van der Waals surface area (Å²) in [7, 11) is 0. The van der Waals surface area contributed by atoms with Crippen molar-refractivity contribution in [3.05, 3.63) is 57.2 Å². The molecular weight excluding hydrogens is 280 g/mol. The molecule has 0 spiro atoms. The Hall–Kier alpha value is -2.28. The maximum Gasteiger partial charge on any atom is 0.311 e. The smallest absolute Gasteiger partial charge is 0.311 e. The van der Waals surface area contributed by atoms with Crippen LogP contribution in [0.1, 0.15) is 0 Å². The summed E-state index contributed by atoms with van der Waals surface area (Å²) in [6.45, 7) is 0. The zero-order valence-electron chi connectivity index (χ0n) is 9.23. The van der Waals surface area contributed by atoms with Gasteiger partial charge in [0.1, 0.15) is 16.8 Å². The fraction of sp³-hybridized carbons (Fsp3) is 0. The Balaban J connectivity index is 2.45. The van der Waals surface area contributed by atoms with E-state index in [-0.39, 0.29) is 16.7 Å². The summed E-state index contributed by atoms with van der Waals surface area (Å²) in [4.78, 5) is 13.8.